The monoisotopic (exact) mass is 250 g/mol. The summed E-state index contributed by atoms with van der Waals surface area (Å²) < 4.78 is 0. The van der Waals surface area contributed by atoms with Crippen LogP contribution in [0.5, 0.6) is 0 Å². The predicted molar refractivity (Wildman–Crippen MR) is 78.0 cm³/mol. The van der Waals surface area contributed by atoms with E-state index in [4.69, 9.17) is 0 Å². The second-order valence-corrected chi connectivity index (χ2v) is 5.10. The molecule has 0 aromatic heterocycles. The number of rotatable bonds is 7. The van der Waals surface area contributed by atoms with E-state index in [2.05, 4.69) is 34.5 Å². The first-order valence-corrected chi connectivity index (χ1v) is 6.70. The number of aliphatic hydroxyl groups is 1. The molecule has 0 saturated heterocycles. The Morgan fingerprint density at radius 2 is 1.67 bits per heavy atom. The summed E-state index contributed by atoms with van der Waals surface area (Å²) in [5.74, 6) is 0. The van der Waals surface area contributed by atoms with Crippen LogP contribution in [0.3, 0.4) is 0 Å². The summed E-state index contributed by atoms with van der Waals surface area (Å²) in [5.41, 5.74) is 1.89. The average Bonchev–Trinajstić information content (AvgIpc) is 2.39. The van der Waals surface area contributed by atoms with E-state index in [1.165, 1.54) is 11.3 Å². The molecule has 1 aromatic carbocycles. The van der Waals surface area contributed by atoms with Crippen molar-refractivity contribution in [2.75, 3.05) is 25.5 Å². The van der Waals surface area contributed by atoms with Crippen LogP contribution in [0.25, 0.3) is 0 Å². The van der Waals surface area contributed by atoms with Crippen molar-refractivity contribution in [2.24, 2.45) is 0 Å². The van der Waals surface area contributed by atoms with E-state index >= 15 is 0 Å². The molecule has 0 saturated carbocycles. The highest BCUT2D eigenvalue weighted by atomic mass is 16.3. The lowest BCUT2D eigenvalue weighted by atomic mass is 9.97. The molecule has 0 atom stereocenters. The maximum atomic E-state index is 10.2. The molecule has 3 nitrogen and oxygen atoms in total. The summed E-state index contributed by atoms with van der Waals surface area (Å²) in [5, 5.41) is 13.5. The first kappa shape index (κ1) is 15.0. The third kappa shape index (κ3) is 4.31. The zero-order chi connectivity index (χ0) is 13.6. The summed E-state index contributed by atoms with van der Waals surface area (Å²) in [6, 6.07) is 8.48. The summed E-state index contributed by atoms with van der Waals surface area (Å²) in [6.45, 7) is 5.50. The quantitative estimate of drug-likeness (QED) is 0.780. The lowest BCUT2D eigenvalue weighted by Crippen LogP contribution is -2.39. The highest BCUT2D eigenvalue weighted by Crippen LogP contribution is 2.14. The molecule has 0 aliphatic heterocycles. The van der Waals surface area contributed by atoms with Crippen molar-refractivity contribution >= 4 is 5.69 Å². The third-order valence-electron chi connectivity index (χ3n) is 3.55. The molecular weight excluding hydrogens is 224 g/mol. The van der Waals surface area contributed by atoms with E-state index in [1.807, 2.05) is 27.9 Å². The SMILES string of the molecule is CCC(O)(CC)CNCc1ccc(N(C)C)cc1. The molecule has 0 spiro atoms. The van der Waals surface area contributed by atoms with Crippen molar-refractivity contribution in [3.05, 3.63) is 29.8 Å². The molecule has 0 bridgehead atoms. The zero-order valence-corrected chi connectivity index (χ0v) is 12.0. The van der Waals surface area contributed by atoms with Crippen molar-refractivity contribution in [2.45, 2.75) is 38.8 Å². The van der Waals surface area contributed by atoms with Crippen LogP contribution in [0.4, 0.5) is 5.69 Å². The van der Waals surface area contributed by atoms with Gasteiger partial charge in [0, 0.05) is 32.9 Å². The van der Waals surface area contributed by atoms with Crippen LogP contribution >= 0.6 is 0 Å². The van der Waals surface area contributed by atoms with Crippen LogP contribution in [0, 0.1) is 0 Å². The lowest BCUT2D eigenvalue weighted by molar-refractivity contribution is 0.0323. The van der Waals surface area contributed by atoms with Crippen LogP contribution in [0.15, 0.2) is 24.3 Å². The first-order valence-electron chi connectivity index (χ1n) is 6.70. The van der Waals surface area contributed by atoms with Crippen LogP contribution in [-0.4, -0.2) is 31.3 Å². The highest BCUT2D eigenvalue weighted by molar-refractivity contribution is 5.45. The molecule has 0 heterocycles. The lowest BCUT2D eigenvalue weighted by Gasteiger charge is -2.25. The van der Waals surface area contributed by atoms with E-state index in [1.54, 1.807) is 0 Å². The van der Waals surface area contributed by atoms with Crippen molar-refractivity contribution in [1.29, 1.82) is 0 Å². The van der Waals surface area contributed by atoms with Crippen LogP contribution in [-0.2, 0) is 6.54 Å². The Kier molecular flexibility index (Phi) is 5.63. The molecule has 0 amide bonds. The number of hydrogen-bond donors (Lipinski definition) is 2. The Balaban J connectivity index is 2.44. The van der Waals surface area contributed by atoms with Gasteiger partial charge in [-0.3, -0.25) is 0 Å². The number of nitrogens with one attached hydrogen (secondary N) is 1. The van der Waals surface area contributed by atoms with E-state index in [-0.39, 0.29) is 0 Å². The normalized spacial score (nSPS) is 11.6. The van der Waals surface area contributed by atoms with Gasteiger partial charge in [0.1, 0.15) is 0 Å². The van der Waals surface area contributed by atoms with E-state index in [0.29, 0.717) is 6.54 Å². The smallest absolute Gasteiger partial charge is 0.0766 e. The number of nitrogens with zero attached hydrogens (tertiary/aromatic N) is 1. The van der Waals surface area contributed by atoms with Gasteiger partial charge in [-0.25, -0.2) is 0 Å². The largest absolute Gasteiger partial charge is 0.389 e. The van der Waals surface area contributed by atoms with E-state index in [0.717, 1.165) is 19.4 Å². The Bertz CT molecular complexity index is 342. The van der Waals surface area contributed by atoms with Crippen LogP contribution in [0.1, 0.15) is 32.3 Å². The molecule has 0 aliphatic carbocycles. The number of anilines is 1. The number of benzene rings is 1. The number of hydrogen-bond acceptors (Lipinski definition) is 3. The molecule has 1 rings (SSSR count). The topological polar surface area (TPSA) is 35.5 Å². The fourth-order valence-electron chi connectivity index (χ4n) is 1.85. The second kappa shape index (κ2) is 6.76. The molecule has 18 heavy (non-hydrogen) atoms. The Hall–Kier alpha value is -1.06. The molecular formula is C15H26N2O. The summed E-state index contributed by atoms with van der Waals surface area (Å²) in [4.78, 5) is 2.09. The maximum absolute atomic E-state index is 10.2. The molecule has 102 valence electrons. The van der Waals surface area contributed by atoms with Gasteiger partial charge >= 0.3 is 0 Å². The van der Waals surface area contributed by atoms with Gasteiger partial charge in [-0.2, -0.15) is 0 Å². The summed E-state index contributed by atoms with van der Waals surface area (Å²) in [6.07, 6.45) is 1.58. The molecule has 0 fully saturated rings. The molecule has 0 radical (unpaired) electrons. The summed E-state index contributed by atoms with van der Waals surface area (Å²) in [7, 11) is 4.08. The zero-order valence-electron chi connectivity index (χ0n) is 12.0. The molecule has 0 aliphatic rings. The van der Waals surface area contributed by atoms with Crippen molar-refractivity contribution < 1.29 is 5.11 Å². The molecule has 0 unspecified atom stereocenters. The van der Waals surface area contributed by atoms with Gasteiger partial charge in [0.05, 0.1) is 5.60 Å². The minimum Gasteiger partial charge on any atom is -0.389 e. The van der Waals surface area contributed by atoms with Crippen molar-refractivity contribution in [1.82, 2.24) is 5.32 Å². The average molecular weight is 250 g/mol. The fraction of sp³-hybridized carbons (Fsp3) is 0.600. The third-order valence-corrected chi connectivity index (χ3v) is 3.55. The highest BCUT2D eigenvalue weighted by Gasteiger charge is 2.20. The van der Waals surface area contributed by atoms with Crippen LogP contribution in [0.2, 0.25) is 0 Å². The van der Waals surface area contributed by atoms with Gasteiger partial charge in [0.25, 0.3) is 0 Å². The van der Waals surface area contributed by atoms with Gasteiger partial charge in [-0.15, -0.1) is 0 Å². The molecule has 1 aromatic rings. The maximum Gasteiger partial charge on any atom is 0.0766 e. The van der Waals surface area contributed by atoms with Gasteiger partial charge in [0.15, 0.2) is 0 Å². The molecule has 3 heteroatoms. The minimum absolute atomic E-state index is 0.566. The predicted octanol–water partition coefficient (Wildman–Crippen LogP) is 2.39. The van der Waals surface area contributed by atoms with Gasteiger partial charge in [-0.05, 0) is 30.5 Å². The van der Waals surface area contributed by atoms with E-state index in [9.17, 15) is 5.11 Å². The Morgan fingerprint density at radius 1 is 1.11 bits per heavy atom. The Labute approximate surface area is 111 Å². The Morgan fingerprint density at radius 3 is 2.11 bits per heavy atom. The fourth-order valence-corrected chi connectivity index (χ4v) is 1.85. The van der Waals surface area contributed by atoms with Crippen molar-refractivity contribution in [3.63, 3.8) is 0 Å². The van der Waals surface area contributed by atoms with Crippen molar-refractivity contribution in [3.8, 4) is 0 Å². The second-order valence-electron chi connectivity index (χ2n) is 5.10. The first-order chi connectivity index (χ1) is 8.50. The standard InChI is InChI=1S/C15H26N2O/c1-5-15(18,6-2)12-16-11-13-7-9-14(10-8-13)17(3)4/h7-10,16,18H,5-6,11-12H2,1-4H3. The van der Waals surface area contributed by atoms with E-state index < -0.39 is 5.60 Å². The van der Waals surface area contributed by atoms with Gasteiger partial charge in [0.2, 0.25) is 0 Å². The van der Waals surface area contributed by atoms with Gasteiger partial charge < -0.3 is 15.3 Å². The van der Waals surface area contributed by atoms with Gasteiger partial charge in [-0.1, -0.05) is 26.0 Å². The summed E-state index contributed by atoms with van der Waals surface area (Å²) >= 11 is 0. The van der Waals surface area contributed by atoms with Crippen LogP contribution < -0.4 is 10.2 Å². The minimum atomic E-state index is -0.566. The molecule has 2 N–H and O–H groups in total.